The molecule has 0 spiro atoms. The number of carbonyl (C=O) groups is 3. The molecule has 2 aliphatic rings. The van der Waals surface area contributed by atoms with Crippen molar-refractivity contribution in [2.45, 2.75) is 69.6 Å². The molecule has 0 bridgehead atoms. The van der Waals surface area contributed by atoms with Crippen molar-refractivity contribution in [3.05, 3.63) is 34.2 Å². The number of imide groups is 1. The average Bonchev–Trinajstić information content (AvgIpc) is 3.06. The van der Waals surface area contributed by atoms with Crippen LogP contribution in [0.4, 0.5) is 0 Å². The summed E-state index contributed by atoms with van der Waals surface area (Å²) in [5.41, 5.74) is 8.10. The summed E-state index contributed by atoms with van der Waals surface area (Å²) in [6, 6.07) is 5.21. The first-order valence-electron chi connectivity index (χ1n) is 12.0. The van der Waals surface area contributed by atoms with Gasteiger partial charge in [0.05, 0.1) is 17.6 Å². The van der Waals surface area contributed by atoms with E-state index in [1.54, 1.807) is 11.6 Å². The molecule has 1 unspecified atom stereocenters. The fourth-order valence-electron chi connectivity index (χ4n) is 4.73. The Bertz CT molecular complexity index is 1130. The Morgan fingerprint density at radius 3 is 2.71 bits per heavy atom. The number of amides is 3. The van der Waals surface area contributed by atoms with Gasteiger partial charge in [-0.1, -0.05) is 12.5 Å². The second kappa shape index (κ2) is 10.5. The molecule has 34 heavy (non-hydrogen) atoms. The van der Waals surface area contributed by atoms with Crippen molar-refractivity contribution in [3.63, 3.8) is 0 Å². The standard InChI is InChI=1S/C24H33N5O5/c1-28-19-13-15(5-3-2-4-12-26-23(32)20-10-7-16(25)14-34-20)6-8-17(19)29(24(28)33)18-9-11-21(30)27-22(18)31/h6,8,13,16,18,20H,2-5,7,9-12,14,25H2,1H3,(H,26,32)(H,27,30,31)/t16-,18?,20+/m1/s1. The second-order valence-electron chi connectivity index (χ2n) is 9.26. The van der Waals surface area contributed by atoms with E-state index in [4.69, 9.17) is 10.5 Å². The zero-order chi connectivity index (χ0) is 24.2. The van der Waals surface area contributed by atoms with Crippen LogP contribution in [0.1, 0.15) is 56.6 Å². The Balaban J connectivity index is 1.29. The molecule has 4 rings (SSSR count). The molecule has 2 aromatic rings. The van der Waals surface area contributed by atoms with Gasteiger partial charge in [-0.05, 0) is 56.2 Å². The number of fused-ring (bicyclic) bond motifs is 1. The Hall–Kier alpha value is -2.98. The predicted molar refractivity (Wildman–Crippen MR) is 126 cm³/mol. The van der Waals surface area contributed by atoms with E-state index in [-0.39, 0.29) is 36.1 Å². The van der Waals surface area contributed by atoms with Gasteiger partial charge in [-0.3, -0.25) is 28.8 Å². The van der Waals surface area contributed by atoms with Crippen LogP contribution >= 0.6 is 0 Å². The molecule has 3 atom stereocenters. The number of piperidine rings is 1. The van der Waals surface area contributed by atoms with E-state index in [9.17, 15) is 19.2 Å². The summed E-state index contributed by atoms with van der Waals surface area (Å²) in [5.74, 6) is -0.789. The number of nitrogens with one attached hydrogen (secondary N) is 2. The Kier molecular flexibility index (Phi) is 7.47. The van der Waals surface area contributed by atoms with Crippen LogP contribution in [-0.2, 0) is 32.6 Å². The number of aromatic nitrogens is 2. The molecule has 184 valence electrons. The lowest BCUT2D eigenvalue weighted by atomic mass is 10.0. The number of ether oxygens (including phenoxy) is 1. The van der Waals surface area contributed by atoms with E-state index in [1.807, 2.05) is 18.2 Å². The predicted octanol–water partition coefficient (Wildman–Crippen LogP) is 0.653. The van der Waals surface area contributed by atoms with Crippen LogP contribution in [-0.4, -0.2) is 52.2 Å². The number of rotatable bonds is 8. The number of carbonyl (C=O) groups excluding carboxylic acids is 3. The first-order chi connectivity index (χ1) is 16.3. The molecule has 2 aliphatic heterocycles. The fourth-order valence-corrected chi connectivity index (χ4v) is 4.73. The molecule has 3 heterocycles. The summed E-state index contributed by atoms with van der Waals surface area (Å²) in [7, 11) is 1.70. The minimum atomic E-state index is -0.675. The molecular formula is C24H33N5O5. The average molecular weight is 472 g/mol. The van der Waals surface area contributed by atoms with Crippen molar-refractivity contribution in [1.82, 2.24) is 19.8 Å². The van der Waals surface area contributed by atoms with Crippen molar-refractivity contribution in [2.24, 2.45) is 12.8 Å². The Labute approximate surface area is 197 Å². The molecule has 0 saturated carbocycles. The maximum Gasteiger partial charge on any atom is 0.329 e. The molecule has 4 N–H and O–H groups in total. The van der Waals surface area contributed by atoms with E-state index in [1.165, 1.54) is 4.57 Å². The molecule has 3 amide bonds. The van der Waals surface area contributed by atoms with E-state index < -0.39 is 11.9 Å². The molecule has 0 radical (unpaired) electrons. The minimum absolute atomic E-state index is 0.0293. The zero-order valence-electron chi connectivity index (χ0n) is 19.5. The van der Waals surface area contributed by atoms with Gasteiger partial charge in [0, 0.05) is 26.1 Å². The number of hydrogen-bond acceptors (Lipinski definition) is 6. The van der Waals surface area contributed by atoms with Gasteiger partial charge in [-0.2, -0.15) is 0 Å². The number of unbranched alkanes of at least 4 members (excludes halogenated alkanes) is 2. The molecule has 1 aromatic heterocycles. The lowest BCUT2D eigenvalue weighted by Gasteiger charge is -2.25. The van der Waals surface area contributed by atoms with Gasteiger partial charge in [0.2, 0.25) is 17.7 Å². The van der Waals surface area contributed by atoms with Gasteiger partial charge in [-0.25, -0.2) is 4.79 Å². The van der Waals surface area contributed by atoms with Crippen LogP contribution in [0.3, 0.4) is 0 Å². The van der Waals surface area contributed by atoms with Gasteiger partial charge in [0.1, 0.15) is 12.1 Å². The number of aryl methyl sites for hydroxylation is 2. The van der Waals surface area contributed by atoms with Crippen LogP contribution in [0.2, 0.25) is 0 Å². The van der Waals surface area contributed by atoms with Crippen molar-refractivity contribution in [1.29, 1.82) is 0 Å². The number of nitrogens with two attached hydrogens (primary N) is 1. The lowest BCUT2D eigenvalue weighted by molar-refractivity contribution is -0.136. The second-order valence-corrected chi connectivity index (χ2v) is 9.26. The lowest BCUT2D eigenvalue weighted by Crippen LogP contribution is -2.44. The molecule has 2 fully saturated rings. The Morgan fingerprint density at radius 2 is 1.97 bits per heavy atom. The van der Waals surface area contributed by atoms with E-state index in [0.29, 0.717) is 31.5 Å². The molecular weight excluding hydrogens is 438 g/mol. The first-order valence-corrected chi connectivity index (χ1v) is 12.0. The SMILES string of the molecule is Cn1c(=O)n(C2CCC(=O)NC2=O)c2ccc(CCCCCNC(=O)[C@@H]3CC[C@@H](N)CO3)cc21. The summed E-state index contributed by atoms with van der Waals surface area (Å²) in [5, 5.41) is 5.27. The van der Waals surface area contributed by atoms with Crippen LogP contribution < -0.4 is 22.1 Å². The zero-order valence-corrected chi connectivity index (χ0v) is 19.5. The summed E-state index contributed by atoms with van der Waals surface area (Å²) in [6.45, 7) is 1.05. The highest BCUT2D eigenvalue weighted by Gasteiger charge is 2.31. The number of benzene rings is 1. The van der Waals surface area contributed by atoms with Crippen molar-refractivity contribution >= 4 is 28.8 Å². The number of nitrogens with zero attached hydrogens (tertiary/aromatic N) is 2. The van der Waals surface area contributed by atoms with Gasteiger partial charge in [0.15, 0.2) is 0 Å². The largest absolute Gasteiger partial charge is 0.367 e. The van der Waals surface area contributed by atoms with Crippen molar-refractivity contribution in [3.8, 4) is 0 Å². The molecule has 2 saturated heterocycles. The van der Waals surface area contributed by atoms with Crippen LogP contribution in [0.25, 0.3) is 11.0 Å². The van der Waals surface area contributed by atoms with Gasteiger partial charge >= 0.3 is 5.69 Å². The third kappa shape index (κ3) is 5.23. The van der Waals surface area contributed by atoms with Crippen LogP contribution in [0.15, 0.2) is 23.0 Å². The van der Waals surface area contributed by atoms with Crippen LogP contribution in [0, 0.1) is 0 Å². The molecule has 0 aliphatic carbocycles. The Morgan fingerprint density at radius 1 is 1.15 bits per heavy atom. The molecule has 10 heteroatoms. The van der Waals surface area contributed by atoms with Gasteiger partial charge in [0.25, 0.3) is 0 Å². The highest BCUT2D eigenvalue weighted by atomic mass is 16.5. The van der Waals surface area contributed by atoms with E-state index in [2.05, 4.69) is 10.6 Å². The summed E-state index contributed by atoms with van der Waals surface area (Å²) >= 11 is 0. The van der Waals surface area contributed by atoms with E-state index in [0.717, 1.165) is 43.2 Å². The number of hydrogen-bond donors (Lipinski definition) is 3. The fraction of sp³-hybridized carbons (Fsp3) is 0.583. The first kappa shape index (κ1) is 24.2. The molecule has 10 nitrogen and oxygen atoms in total. The normalized spacial score (nSPS) is 23.2. The quantitative estimate of drug-likeness (QED) is 0.382. The third-order valence-corrected chi connectivity index (χ3v) is 6.72. The van der Waals surface area contributed by atoms with Crippen LogP contribution in [0.5, 0.6) is 0 Å². The summed E-state index contributed by atoms with van der Waals surface area (Å²) < 4.78 is 8.54. The van der Waals surface area contributed by atoms with E-state index >= 15 is 0 Å². The highest BCUT2D eigenvalue weighted by Crippen LogP contribution is 2.24. The smallest absolute Gasteiger partial charge is 0.329 e. The van der Waals surface area contributed by atoms with Gasteiger partial charge in [-0.15, -0.1) is 0 Å². The molecule has 1 aromatic carbocycles. The van der Waals surface area contributed by atoms with Crippen molar-refractivity contribution in [2.75, 3.05) is 13.2 Å². The number of imidazole rings is 1. The summed E-state index contributed by atoms with van der Waals surface area (Å²) in [6.07, 6.45) is 5.29. The highest BCUT2D eigenvalue weighted by molar-refractivity contribution is 6.00. The third-order valence-electron chi connectivity index (χ3n) is 6.72. The topological polar surface area (TPSA) is 137 Å². The van der Waals surface area contributed by atoms with Crippen molar-refractivity contribution < 1.29 is 19.1 Å². The monoisotopic (exact) mass is 471 g/mol. The van der Waals surface area contributed by atoms with Gasteiger partial charge < -0.3 is 15.8 Å². The maximum absolute atomic E-state index is 12.9. The summed E-state index contributed by atoms with van der Waals surface area (Å²) in [4.78, 5) is 48.8. The maximum atomic E-state index is 12.9. The minimum Gasteiger partial charge on any atom is -0.367 e.